The lowest BCUT2D eigenvalue weighted by Gasteiger charge is -2.36. The van der Waals surface area contributed by atoms with Crippen LogP contribution in [0.3, 0.4) is 0 Å². The van der Waals surface area contributed by atoms with Crippen LogP contribution in [0.15, 0.2) is 48.8 Å². The number of hydrogen-bond acceptors (Lipinski definition) is 4. The number of amides is 1. The standard InChI is InChI=1S/C20H24N2O3/c1-24-18-4-2-17(3-5-18)20(9-14-25-15-10-20)19(23)22-13-8-16-6-11-21-12-7-16/h2-7,11-12H,8-10,13-15H2,1H3,(H,22,23). The Balaban J connectivity index is 1.71. The summed E-state index contributed by atoms with van der Waals surface area (Å²) in [5.41, 5.74) is 1.67. The first-order valence-electron chi connectivity index (χ1n) is 8.64. The Bertz CT molecular complexity index is 680. The monoisotopic (exact) mass is 340 g/mol. The second-order valence-corrected chi connectivity index (χ2v) is 6.28. The van der Waals surface area contributed by atoms with Crippen molar-refractivity contribution in [2.45, 2.75) is 24.7 Å². The van der Waals surface area contributed by atoms with Crippen molar-refractivity contribution in [1.82, 2.24) is 10.3 Å². The summed E-state index contributed by atoms with van der Waals surface area (Å²) in [5.74, 6) is 0.874. The largest absolute Gasteiger partial charge is 0.497 e. The van der Waals surface area contributed by atoms with E-state index in [2.05, 4.69) is 10.3 Å². The van der Waals surface area contributed by atoms with Crippen LogP contribution in [-0.2, 0) is 21.4 Å². The average molecular weight is 340 g/mol. The van der Waals surface area contributed by atoms with Gasteiger partial charge in [0.2, 0.25) is 5.91 Å². The molecule has 3 rings (SSSR count). The fourth-order valence-electron chi connectivity index (χ4n) is 3.32. The molecule has 2 heterocycles. The quantitative estimate of drug-likeness (QED) is 0.878. The number of ether oxygens (including phenoxy) is 2. The van der Waals surface area contributed by atoms with E-state index in [0.717, 1.165) is 17.7 Å². The maximum absolute atomic E-state index is 13.1. The number of pyridine rings is 1. The highest BCUT2D eigenvalue weighted by molar-refractivity contribution is 5.88. The zero-order valence-corrected chi connectivity index (χ0v) is 14.5. The van der Waals surface area contributed by atoms with Crippen molar-refractivity contribution in [2.24, 2.45) is 0 Å². The lowest BCUT2D eigenvalue weighted by Crippen LogP contribution is -2.48. The van der Waals surface area contributed by atoms with Gasteiger partial charge in [0, 0.05) is 32.2 Å². The summed E-state index contributed by atoms with van der Waals surface area (Å²) >= 11 is 0. The van der Waals surface area contributed by atoms with Gasteiger partial charge in [0.05, 0.1) is 12.5 Å². The van der Waals surface area contributed by atoms with Gasteiger partial charge in [-0.25, -0.2) is 0 Å². The first-order valence-corrected chi connectivity index (χ1v) is 8.64. The van der Waals surface area contributed by atoms with Crippen molar-refractivity contribution in [3.05, 3.63) is 59.9 Å². The van der Waals surface area contributed by atoms with E-state index < -0.39 is 5.41 Å². The molecule has 0 bridgehead atoms. The minimum Gasteiger partial charge on any atom is -0.497 e. The Morgan fingerprint density at radius 1 is 1.16 bits per heavy atom. The first kappa shape index (κ1) is 17.4. The molecule has 1 aliphatic rings. The summed E-state index contributed by atoms with van der Waals surface area (Å²) in [4.78, 5) is 17.1. The molecule has 1 amide bonds. The normalized spacial score (nSPS) is 16.2. The molecule has 0 unspecified atom stereocenters. The Kier molecular flexibility index (Phi) is 5.66. The minimum atomic E-state index is -0.525. The summed E-state index contributed by atoms with van der Waals surface area (Å²) < 4.78 is 10.7. The smallest absolute Gasteiger partial charge is 0.230 e. The number of aromatic nitrogens is 1. The molecule has 1 aromatic carbocycles. The van der Waals surface area contributed by atoms with Crippen molar-refractivity contribution >= 4 is 5.91 Å². The second-order valence-electron chi connectivity index (χ2n) is 6.28. The molecule has 25 heavy (non-hydrogen) atoms. The van der Waals surface area contributed by atoms with Gasteiger partial charge in [0.25, 0.3) is 0 Å². The fraction of sp³-hybridized carbons (Fsp3) is 0.400. The summed E-state index contributed by atoms with van der Waals surface area (Å²) in [7, 11) is 1.64. The Labute approximate surface area is 148 Å². The third-order valence-electron chi connectivity index (χ3n) is 4.87. The predicted octanol–water partition coefficient (Wildman–Crippen LogP) is 2.50. The van der Waals surface area contributed by atoms with Gasteiger partial charge in [0.15, 0.2) is 0 Å². The molecule has 1 aromatic heterocycles. The van der Waals surface area contributed by atoms with Crippen molar-refractivity contribution in [3.8, 4) is 5.75 Å². The van der Waals surface area contributed by atoms with Gasteiger partial charge in [-0.05, 0) is 54.7 Å². The Hall–Kier alpha value is -2.40. The van der Waals surface area contributed by atoms with E-state index in [1.54, 1.807) is 19.5 Å². The molecule has 1 saturated heterocycles. The molecule has 0 spiro atoms. The number of rotatable bonds is 6. The van der Waals surface area contributed by atoms with Crippen molar-refractivity contribution in [1.29, 1.82) is 0 Å². The lowest BCUT2D eigenvalue weighted by atomic mass is 9.73. The van der Waals surface area contributed by atoms with Crippen LogP contribution in [-0.4, -0.2) is 37.8 Å². The summed E-state index contributed by atoms with van der Waals surface area (Å²) in [5, 5.41) is 3.12. The van der Waals surface area contributed by atoms with Crippen molar-refractivity contribution in [2.75, 3.05) is 26.9 Å². The molecule has 0 aliphatic carbocycles. The molecule has 1 fully saturated rings. The fourth-order valence-corrected chi connectivity index (χ4v) is 3.32. The molecule has 1 N–H and O–H groups in total. The number of hydrogen-bond donors (Lipinski definition) is 1. The van der Waals surface area contributed by atoms with E-state index in [4.69, 9.17) is 9.47 Å². The SMILES string of the molecule is COc1ccc(C2(C(=O)NCCc3ccncc3)CCOCC2)cc1. The van der Waals surface area contributed by atoms with Gasteiger partial charge < -0.3 is 14.8 Å². The molecule has 0 radical (unpaired) electrons. The molecule has 5 heteroatoms. The summed E-state index contributed by atoms with van der Waals surface area (Å²) in [6.07, 6.45) is 5.73. The van der Waals surface area contributed by atoms with Gasteiger partial charge in [-0.1, -0.05) is 12.1 Å². The molecule has 1 aliphatic heterocycles. The highest BCUT2D eigenvalue weighted by Gasteiger charge is 2.41. The van der Waals surface area contributed by atoms with Gasteiger partial charge in [-0.15, -0.1) is 0 Å². The van der Waals surface area contributed by atoms with Crippen LogP contribution in [0.4, 0.5) is 0 Å². The van der Waals surface area contributed by atoms with Crippen LogP contribution >= 0.6 is 0 Å². The molecule has 132 valence electrons. The third kappa shape index (κ3) is 3.99. The number of methoxy groups -OCH3 is 1. The van der Waals surface area contributed by atoms with E-state index in [9.17, 15) is 4.79 Å². The number of carbonyl (C=O) groups is 1. The van der Waals surface area contributed by atoms with E-state index in [1.165, 1.54) is 5.56 Å². The lowest BCUT2D eigenvalue weighted by molar-refractivity contribution is -0.130. The molecular weight excluding hydrogens is 316 g/mol. The average Bonchev–Trinajstić information content (AvgIpc) is 2.69. The second kappa shape index (κ2) is 8.12. The topological polar surface area (TPSA) is 60.5 Å². The van der Waals surface area contributed by atoms with Gasteiger partial charge in [-0.2, -0.15) is 0 Å². The van der Waals surface area contributed by atoms with Crippen LogP contribution < -0.4 is 10.1 Å². The highest BCUT2D eigenvalue weighted by Crippen LogP contribution is 2.36. The first-order chi connectivity index (χ1) is 12.2. The van der Waals surface area contributed by atoms with Gasteiger partial charge in [0.1, 0.15) is 5.75 Å². The molecular formula is C20H24N2O3. The Morgan fingerprint density at radius 2 is 1.84 bits per heavy atom. The maximum Gasteiger partial charge on any atom is 0.230 e. The predicted molar refractivity (Wildman–Crippen MR) is 95.7 cm³/mol. The number of carbonyl (C=O) groups excluding carboxylic acids is 1. The summed E-state index contributed by atoms with van der Waals surface area (Å²) in [6, 6.07) is 11.8. The molecule has 0 atom stereocenters. The maximum atomic E-state index is 13.1. The van der Waals surface area contributed by atoms with Gasteiger partial charge in [-0.3, -0.25) is 9.78 Å². The van der Waals surface area contributed by atoms with E-state index >= 15 is 0 Å². The van der Waals surface area contributed by atoms with Crippen LogP contribution in [0.5, 0.6) is 5.75 Å². The number of nitrogens with one attached hydrogen (secondary N) is 1. The highest BCUT2D eigenvalue weighted by atomic mass is 16.5. The van der Waals surface area contributed by atoms with Crippen molar-refractivity contribution < 1.29 is 14.3 Å². The number of nitrogens with zero attached hydrogens (tertiary/aromatic N) is 1. The molecule has 5 nitrogen and oxygen atoms in total. The molecule has 0 saturated carbocycles. The van der Waals surface area contributed by atoms with Crippen LogP contribution in [0.1, 0.15) is 24.0 Å². The summed E-state index contributed by atoms with van der Waals surface area (Å²) in [6.45, 7) is 1.81. The van der Waals surface area contributed by atoms with Gasteiger partial charge >= 0.3 is 0 Å². The van der Waals surface area contributed by atoms with E-state index in [-0.39, 0.29) is 5.91 Å². The van der Waals surface area contributed by atoms with Crippen LogP contribution in [0, 0.1) is 0 Å². The number of benzene rings is 1. The van der Waals surface area contributed by atoms with Crippen LogP contribution in [0.2, 0.25) is 0 Å². The minimum absolute atomic E-state index is 0.0787. The molecule has 2 aromatic rings. The zero-order chi connectivity index (χ0) is 17.5. The van der Waals surface area contributed by atoms with Crippen LogP contribution in [0.25, 0.3) is 0 Å². The van der Waals surface area contributed by atoms with Crippen molar-refractivity contribution in [3.63, 3.8) is 0 Å². The van der Waals surface area contributed by atoms with E-state index in [1.807, 2.05) is 36.4 Å². The van der Waals surface area contributed by atoms with E-state index in [0.29, 0.717) is 32.6 Å². The Morgan fingerprint density at radius 3 is 2.48 bits per heavy atom. The zero-order valence-electron chi connectivity index (χ0n) is 14.5. The third-order valence-corrected chi connectivity index (χ3v) is 4.87.